The smallest absolute Gasteiger partial charge is 0.134 e. The largest absolute Gasteiger partial charge is 0.396 e. The number of aromatic nitrogens is 2. The van der Waals surface area contributed by atoms with Crippen LogP contribution in [0.25, 0.3) is 0 Å². The third kappa shape index (κ3) is 4.00. The summed E-state index contributed by atoms with van der Waals surface area (Å²) in [6.07, 6.45) is 3.71. The molecule has 24 heavy (non-hydrogen) atoms. The Bertz CT molecular complexity index is 710. The molecule has 1 aliphatic rings. The van der Waals surface area contributed by atoms with Crippen LogP contribution in [0.15, 0.2) is 36.7 Å². The van der Waals surface area contributed by atoms with E-state index in [0.29, 0.717) is 18.0 Å². The molecule has 1 saturated heterocycles. The summed E-state index contributed by atoms with van der Waals surface area (Å²) in [7, 11) is 0. The first-order valence-electron chi connectivity index (χ1n) is 8.19. The molecular formula is C18H21N5O. The quantitative estimate of drug-likeness (QED) is 0.877. The topological polar surface area (TPSA) is 85.1 Å². The van der Waals surface area contributed by atoms with Gasteiger partial charge in [0, 0.05) is 32.3 Å². The van der Waals surface area contributed by atoms with Gasteiger partial charge in [-0.05, 0) is 36.5 Å². The van der Waals surface area contributed by atoms with Crippen LogP contribution in [-0.2, 0) is 6.54 Å². The van der Waals surface area contributed by atoms with Crippen molar-refractivity contribution in [1.29, 1.82) is 5.26 Å². The maximum atomic E-state index is 9.37. The lowest BCUT2D eigenvalue weighted by Gasteiger charge is -2.32. The molecule has 1 aromatic carbocycles. The molecule has 3 rings (SSSR count). The second-order valence-corrected chi connectivity index (χ2v) is 6.06. The normalized spacial score (nSPS) is 17.3. The number of anilines is 2. The minimum Gasteiger partial charge on any atom is -0.396 e. The van der Waals surface area contributed by atoms with Gasteiger partial charge in [-0.25, -0.2) is 9.97 Å². The molecule has 0 radical (unpaired) electrons. The molecule has 124 valence electrons. The standard InChI is InChI=1S/C18H21N5O/c19-9-14-3-5-15(6-4-14)10-20-17-8-18(22-13-21-17)23-7-1-2-16(11-23)12-24/h3-6,8,13,16,24H,1-2,7,10-12H2,(H,20,21,22). The van der Waals surface area contributed by atoms with Gasteiger partial charge in [-0.2, -0.15) is 5.26 Å². The average Bonchev–Trinajstić information content (AvgIpc) is 2.67. The summed E-state index contributed by atoms with van der Waals surface area (Å²) in [6, 6.07) is 11.6. The molecule has 2 heterocycles. The van der Waals surface area contributed by atoms with Crippen molar-refractivity contribution in [3.63, 3.8) is 0 Å². The highest BCUT2D eigenvalue weighted by Gasteiger charge is 2.20. The van der Waals surface area contributed by atoms with Crippen molar-refractivity contribution >= 4 is 11.6 Å². The van der Waals surface area contributed by atoms with Gasteiger partial charge in [-0.3, -0.25) is 0 Å². The number of aliphatic hydroxyl groups excluding tert-OH is 1. The predicted molar refractivity (Wildman–Crippen MR) is 92.5 cm³/mol. The Kier molecular flexibility index (Phi) is 5.24. The first-order valence-corrected chi connectivity index (χ1v) is 8.19. The Balaban J connectivity index is 1.63. The first kappa shape index (κ1) is 16.2. The van der Waals surface area contributed by atoms with Crippen molar-refractivity contribution in [1.82, 2.24) is 9.97 Å². The highest BCUT2D eigenvalue weighted by molar-refractivity contribution is 5.49. The van der Waals surface area contributed by atoms with Gasteiger partial charge < -0.3 is 15.3 Å². The summed E-state index contributed by atoms with van der Waals surface area (Å²) in [5.74, 6) is 1.99. The monoisotopic (exact) mass is 323 g/mol. The minimum atomic E-state index is 0.228. The van der Waals surface area contributed by atoms with Crippen LogP contribution >= 0.6 is 0 Å². The predicted octanol–water partition coefficient (Wildman–Crippen LogP) is 2.17. The molecule has 1 fully saturated rings. The summed E-state index contributed by atoms with van der Waals surface area (Å²) in [6.45, 7) is 2.66. The maximum Gasteiger partial charge on any atom is 0.134 e. The number of nitriles is 1. The molecule has 0 saturated carbocycles. The highest BCUT2D eigenvalue weighted by atomic mass is 16.3. The summed E-state index contributed by atoms with van der Waals surface area (Å²) >= 11 is 0. The number of benzene rings is 1. The van der Waals surface area contributed by atoms with Gasteiger partial charge in [0.25, 0.3) is 0 Å². The van der Waals surface area contributed by atoms with E-state index in [0.717, 1.165) is 43.1 Å². The number of hydrogen-bond donors (Lipinski definition) is 2. The van der Waals surface area contributed by atoms with Crippen LogP contribution in [0.1, 0.15) is 24.0 Å². The van der Waals surface area contributed by atoms with Crippen LogP contribution in [0.4, 0.5) is 11.6 Å². The maximum absolute atomic E-state index is 9.37. The van der Waals surface area contributed by atoms with E-state index in [1.54, 1.807) is 6.33 Å². The van der Waals surface area contributed by atoms with E-state index in [2.05, 4.69) is 26.3 Å². The molecule has 0 spiro atoms. The SMILES string of the molecule is N#Cc1ccc(CNc2cc(N3CCCC(CO)C3)ncn2)cc1. The molecule has 1 aliphatic heterocycles. The fourth-order valence-corrected chi connectivity index (χ4v) is 2.93. The lowest BCUT2D eigenvalue weighted by Crippen LogP contribution is -2.37. The summed E-state index contributed by atoms with van der Waals surface area (Å²) in [4.78, 5) is 10.8. The summed E-state index contributed by atoms with van der Waals surface area (Å²) < 4.78 is 0. The zero-order valence-electron chi connectivity index (χ0n) is 13.5. The number of nitrogens with one attached hydrogen (secondary N) is 1. The van der Waals surface area contributed by atoms with Crippen molar-refractivity contribution < 1.29 is 5.11 Å². The third-order valence-electron chi connectivity index (χ3n) is 4.31. The van der Waals surface area contributed by atoms with E-state index in [9.17, 15) is 5.11 Å². The summed E-state index contributed by atoms with van der Waals surface area (Å²) in [5, 5.41) is 21.5. The van der Waals surface area contributed by atoms with E-state index in [1.807, 2.05) is 30.3 Å². The zero-order chi connectivity index (χ0) is 16.8. The fraction of sp³-hybridized carbons (Fsp3) is 0.389. The van der Waals surface area contributed by atoms with Gasteiger partial charge in [-0.1, -0.05) is 12.1 Å². The van der Waals surface area contributed by atoms with Crippen LogP contribution in [0, 0.1) is 17.2 Å². The number of piperidine rings is 1. The van der Waals surface area contributed by atoms with Crippen molar-refractivity contribution in [2.75, 3.05) is 29.9 Å². The van der Waals surface area contributed by atoms with Crippen LogP contribution in [0.2, 0.25) is 0 Å². The van der Waals surface area contributed by atoms with Crippen molar-refractivity contribution in [3.8, 4) is 6.07 Å². The Morgan fingerprint density at radius 2 is 2.12 bits per heavy atom. The molecule has 6 nitrogen and oxygen atoms in total. The summed E-state index contributed by atoms with van der Waals surface area (Å²) in [5.41, 5.74) is 1.75. The zero-order valence-corrected chi connectivity index (χ0v) is 13.5. The van der Waals surface area contributed by atoms with Crippen molar-refractivity contribution in [2.24, 2.45) is 5.92 Å². The first-order chi connectivity index (χ1) is 11.8. The van der Waals surface area contributed by atoms with E-state index < -0.39 is 0 Å². The van der Waals surface area contributed by atoms with Gasteiger partial charge in [0.1, 0.15) is 18.0 Å². The van der Waals surface area contributed by atoms with Gasteiger partial charge in [0.2, 0.25) is 0 Å². The van der Waals surface area contributed by atoms with Crippen molar-refractivity contribution in [2.45, 2.75) is 19.4 Å². The fourth-order valence-electron chi connectivity index (χ4n) is 2.93. The van der Waals surface area contributed by atoms with E-state index in [-0.39, 0.29) is 6.61 Å². The molecule has 1 unspecified atom stereocenters. The van der Waals surface area contributed by atoms with Gasteiger partial charge in [-0.15, -0.1) is 0 Å². The highest BCUT2D eigenvalue weighted by Crippen LogP contribution is 2.22. The number of nitrogens with zero attached hydrogens (tertiary/aromatic N) is 4. The van der Waals surface area contributed by atoms with Gasteiger partial charge >= 0.3 is 0 Å². The number of aliphatic hydroxyl groups is 1. The molecule has 0 bridgehead atoms. The number of hydrogen-bond acceptors (Lipinski definition) is 6. The second-order valence-electron chi connectivity index (χ2n) is 6.06. The van der Waals surface area contributed by atoms with E-state index in [4.69, 9.17) is 5.26 Å². The van der Waals surface area contributed by atoms with Crippen LogP contribution in [0.3, 0.4) is 0 Å². The Morgan fingerprint density at radius 3 is 2.88 bits per heavy atom. The number of rotatable bonds is 5. The van der Waals surface area contributed by atoms with Gasteiger partial charge in [0.15, 0.2) is 0 Å². The van der Waals surface area contributed by atoms with Crippen molar-refractivity contribution in [3.05, 3.63) is 47.8 Å². The Morgan fingerprint density at radius 1 is 1.29 bits per heavy atom. The molecular weight excluding hydrogens is 302 g/mol. The third-order valence-corrected chi connectivity index (χ3v) is 4.31. The molecule has 0 aliphatic carbocycles. The second kappa shape index (κ2) is 7.75. The molecule has 1 atom stereocenters. The molecule has 1 aromatic heterocycles. The van der Waals surface area contributed by atoms with E-state index in [1.165, 1.54) is 0 Å². The Labute approximate surface area is 141 Å². The van der Waals surface area contributed by atoms with Crippen LogP contribution < -0.4 is 10.2 Å². The Hall–Kier alpha value is -2.65. The van der Waals surface area contributed by atoms with Gasteiger partial charge in [0.05, 0.1) is 11.6 Å². The average molecular weight is 323 g/mol. The van der Waals surface area contributed by atoms with E-state index >= 15 is 0 Å². The van der Waals surface area contributed by atoms with Crippen LogP contribution in [0.5, 0.6) is 0 Å². The molecule has 2 aromatic rings. The molecule has 0 amide bonds. The minimum absolute atomic E-state index is 0.228. The van der Waals surface area contributed by atoms with Crippen LogP contribution in [-0.4, -0.2) is 34.8 Å². The molecule has 6 heteroatoms. The lowest BCUT2D eigenvalue weighted by atomic mass is 9.99. The molecule has 2 N–H and O–H groups in total. The lowest BCUT2D eigenvalue weighted by molar-refractivity contribution is 0.208.